The average molecular weight is 148 g/mol. The summed E-state index contributed by atoms with van der Waals surface area (Å²) in [6, 6.07) is 0. The van der Waals surface area contributed by atoms with Crippen LogP contribution in [0.25, 0.3) is 0 Å². The summed E-state index contributed by atoms with van der Waals surface area (Å²) in [4.78, 5) is 0. The van der Waals surface area contributed by atoms with Crippen molar-refractivity contribution in [3.8, 4) is 0 Å². The molecule has 1 fully saturated rings. The van der Waals surface area contributed by atoms with Gasteiger partial charge in [0.1, 0.15) is 0 Å². The van der Waals surface area contributed by atoms with E-state index in [9.17, 15) is 0 Å². The molecule has 0 amide bonds. The molecule has 2 atom stereocenters. The molecule has 0 nitrogen and oxygen atoms in total. The summed E-state index contributed by atoms with van der Waals surface area (Å²) < 4.78 is 0. The second-order valence-corrected chi connectivity index (χ2v) is 3.99. The van der Waals surface area contributed by atoms with Gasteiger partial charge in [-0.05, 0) is 37.5 Å². The Morgan fingerprint density at radius 3 is 3.27 bits per heavy atom. The van der Waals surface area contributed by atoms with Gasteiger partial charge in [0.2, 0.25) is 0 Å². The Morgan fingerprint density at radius 1 is 1.45 bits per heavy atom. The highest BCUT2D eigenvalue weighted by Crippen LogP contribution is 2.39. The van der Waals surface area contributed by atoms with E-state index in [-0.39, 0.29) is 0 Å². The Morgan fingerprint density at radius 2 is 2.36 bits per heavy atom. The van der Waals surface area contributed by atoms with Crippen LogP contribution in [0.3, 0.4) is 0 Å². The molecule has 0 aromatic rings. The zero-order chi connectivity index (χ0) is 7.68. The Labute approximate surface area is 69.0 Å². The van der Waals surface area contributed by atoms with Crippen LogP contribution in [0.15, 0.2) is 23.8 Å². The average Bonchev–Trinajstić information content (AvgIpc) is 2.17. The van der Waals surface area contributed by atoms with E-state index in [0.29, 0.717) is 0 Å². The summed E-state index contributed by atoms with van der Waals surface area (Å²) in [6.07, 6.45) is 12.4. The third-order valence-electron chi connectivity index (χ3n) is 2.92. The van der Waals surface area contributed by atoms with Gasteiger partial charge in [0.05, 0.1) is 0 Å². The van der Waals surface area contributed by atoms with Crippen LogP contribution < -0.4 is 0 Å². The molecule has 0 aliphatic heterocycles. The summed E-state index contributed by atoms with van der Waals surface area (Å²) in [5, 5.41) is 0. The van der Waals surface area contributed by atoms with Gasteiger partial charge in [-0.25, -0.2) is 0 Å². The molecule has 11 heavy (non-hydrogen) atoms. The van der Waals surface area contributed by atoms with E-state index in [4.69, 9.17) is 0 Å². The van der Waals surface area contributed by atoms with Crippen molar-refractivity contribution in [3.05, 3.63) is 23.8 Å². The van der Waals surface area contributed by atoms with Crippen molar-refractivity contribution in [2.45, 2.75) is 32.6 Å². The van der Waals surface area contributed by atoms with E-state index < -0.39 is 0 Å². The standard InChI is InChI=1S/C11H16/c1-9-7-10-5-3-2-4-6-11(10)8-9/h2-3,5,9,11H,4,6-8H2,1H3. The van der Waals surface area contributed by atoms with Crippen molar-refractivity contribution >= 4 is 0 Å². The number of fused-ring (bicyclic) bond motifs is 1. The Kier molecular flexibility index (Phi) is 1.85. The van der Waals surface area contributed by atoms with Gasteiger partial charge in [-0.3, -0.25) is 0 Å². The third kappa shape index (κ3) is 1.40. The first kappa shape index (κ1) is 7.15. The fourth-order valence-electron chi connectivity index (χ4n) is 2.38. The molecular formula is C11H16. The minimum atomic E-state index is 0.931. The van der Waals surface area contributed by atoms with Crippen LogP contribution in [0.4, 0.5) is 0 Å². The van der Waals surface area contributed by atoms with Crippen molar-refractivity contribution in [2.24, 2.45) is 11.8 Å². The van der Waals surface area contributed by atoms with Crippen molar-refractivity contribution in [1.82, 2.24) is 0 Å². The second-order valence-electron chi connectivity index (χ2n) is 3.99. The third-order valence-corrected chi connectivity index (χ3v) is 2.92. The van der Waals surface area contributed by atoms with Crippen LogP contribution in [0.1, 0.15) is 32.6 Å². The fraction of sp³-hybridized carbons (Fsp3) is 0.636. The first-order chi connectivity index (χ1) is 5.36. The van der Waals surface area contributed by atoms with Crippen LogP contribution in [0.5, 0.6) is 0 Å². The molecule has 2 aliphatic carbocycles. The normalized spacial score (nSPS) is 36.3. The molecule has 0 radical (unpaired) electrons. The van der Waals surface area contributed by atoms with Crippen LogP contribution in [-0.2, 0) is 0 Å². The van der Waals surface area contributed by atoms with E-state index in [1.165, 1.54) is 25.7 Å². The lowest BCUT2D eigenvalue weighted by Crippen LogP contribution is -1.94. The molecule has 0 bridgehead atoms. The summed E-state index contributed by atoms with van der Waals surface area (Å²) in [5.74, 6) is 1.87. The summed E-state index contributed by atoms with van der Waals surface area (Å²) in [6.45, 7) is 2.37. The summed E-state index contributed by atoms with van der Waals surface area (Å²) >= 11 is 0. The van der Waals surface area contributed by atoms with E-state index in [1.807, 2.05) is 0 Å². The molecule has 2 aliphatic rings. The largest absolute Gasteiger partial charge is 0.0845 e. The minimum Gasteiger partial charge on any atom is -0.0845 e. The Bertz CT molecular complexity index is 198. The van der Waals surface area contributed by atoms with E-state index in [2.05, 4.69) is 25.2 Å². The van der Waals surface area contributed by atoms with Gasteiger partial charge < -0.3 is 0 Å². The number of allylic oxidation sites excluding steroid dienone is 4. The highest BCUT2D eigenvalue weighted by Gasteiger charge is 2.25. The molecule has 60 valence electrons. The predicted molar refractivity (Wildman–Crippen MR) is 48.3 cm³/mol. The number of hydrogen-bond donors (Lipinski definition) is 0. The molecule has 0 heteroatoms. The quantitative estimate of drug-likeness (QED) is 0.494. The number of rotatable bonds is 0. The van der Waals surface area contributed by atoms with Crippen LogP contribution in [-0.4, -0.2) is 0 Å². The lowest BCUT2D eigenvalue weighted by Gasteiger charge is -2.07. The lowest BCUT2D eigenvalue weighted by atomic mass is 9.98. The molecule has 0 spiro atoms. The van der Waals surface area contributed by atoms with Gasteiger partial charge in [0.25, 0.3) is 0 Å². The molecule has 1 saturated carbocycles. The molecular weight excluding hydrogens is 132 g/mol. The van der Waals surface area contributed by atoms with Crippen LogP contribution in [0, 0.1) is 11.8 Å². The van der Waals surface area contributed by atoms with E-state index in [0.717, 1.165) is 11.8 Å². The number of hydrogen-bond acceptors (Lipinski definition) is 0. The topological polar surface area (TPSA) is 0 Å². The fourth-order valence-corrected chi connectivity index (χ4v) is 2.38. The van der Waals surface area contributed by atoms with Crippen molar-refractivity contribution in [2.75, 3.05) is 0 Å². The van der Waals surface area contributed by atoms with Gasteiger partial charge in [-0.15, -0.1) is 0 Å². The molecule has 2 rings (SSSR count). The molecule has 0 saturated heterocycles. The maximum atomic E-state index is 2.37. The van der Waals surface area contributed by atoms with Gasteiger partial charge in [0.15, 0.2) is 0 Å². The molecule has 0 aromatic heterocycles. The molecule has 2 unspecified atom stereocenters. The van der Waals surface area contributed by atoms with Crippen molar-refractivity contribution < 1.29 is 0 Å². The van der Waals surface area contributed by atoms with Crippen molar-refractivity contribution in [3.63, 3.8) is 0 Å². The van der Waals surface area contributed by atoms with Crippen molar-refractivity contribution in [1.29, 1.82) is 0 Å². The summed E-state index contributed by atoms with van der Waals surface area (Å²) in [5.41, 5.74) is 1.71. The van der Waals surface area contributed by atoms with Gasteiger partial charge >= 0.3 is 0 Å². The van der Waals surface area contributed by atoms with Gasteiger partial charge in [-0.2, -0.15) is 0 Å². The zero-order valence-electron chi connectivity index (χ0n) is 7.22. The second kappa shape index (κ2) is 2.84. The Balaban J connectivity index is 2.16. The lowest BCUT2D eigenvalue weighted by molar-refractivity contribution is 0.513. The van der Waals surface area contributed by atoms with Crippen LogP contribution in [0.2, 0.25) is 0 Å². The van der Waals surface area contributed by atoms with Crippen LogP contribution >= 0.6 is 0 Å². The monoisotopic (exact) mass is 148 g/mol. The Hall–Kier alpha value is -0.520. The highest BCUT2D eigenvalue weighted by molar-refractivity contribution is 5.21. The minimum absolute atomic E-state index is 0.931. The highest BCUT2D eigenvalue weighted by atomic mass is 14.3. The smallest absolute Gasteiger partial charge is 0.0194 e. The first-order valence-corrected chi connectivity index (χ1v) is 4.72. The zero-order valence-corrected chi connectivity index (χ0v) is 7.22. The van der Waals surface area contributed by atoms with E-state index in [1.54, 1.807) is 5.57 Å². The molecule has 0 heterocycles. The van der Waals surface area contributed by atoms with E-state index >= 15 is 0 Å². The predicted octanol–water partition coefficient (Wildman–Crippen LogP) is 3.31. The first-order valence-electron chi connectivity index (χ1n) is 4.72. The SMILES string of the molecule is CC1CC2=CC=CCCC2C1. The maximum Gasteiger partial charge on any atom is -0.0194 e. The van der Waals surface area contributed by atoms with Gasteiger partial charge in [0, 0.05) is 0 Å². The molecule has 0 N–H and O–H groups in total. The summed E-state index contributed by atoms with van der Waals surface area (Å²) in [7, 11) is 0. The van der Waals surface area contributed by atoms with Gasteiger partial charge in [-0.1, -0.05) is 30.7 Å². The molecule has 0 aromatic carbocycles. The maximum absolute atomic E-state index is 2.37.